The number of allylic oxidation sites excluding steroid dienone is 4. The minimum absolute atomic E-state index is 0.579. The van der Waals surface area contributed by atoms with Crippen LogP contribution >= 0.6 is 0 Å². The first-order valence-corrected chi connectivity index (χ1v) is 18.7. The summed E-state index contributed by atoms with van der Waals surface area (Å²) in [7, 11) is 0. The zero-order valence-electron chi connectivity index (χ0n) is 31.0. The highest BCUT2D eigenvalue weighted by Gasteiger charge is 2.17. The zero-order chi connectivity index (χ0) is 37.8. The van der Waals surface area contributed by atoms with Crippen molar-refractivity contribution in [2.24, 2.45) is 0 Å². The van der Waals surface area contributed by atoms with E-state index in [-0.39, 0.29) is 0 Å². The van der Waals surface area contributed by atoms with Crippen molar-refractivity contribution >= 4 is 27.5 Å². The number of benzene rings is 6. The molecule has 0 N–H and O–H groups in total. The van der Waals surface area contributed by atoms with E-state index in [1.54, 1.807) is 0 Å². The summed E-state index contributed by atoms with van der Waals surface area (Å²) in [5, 5.41) is 2.05. The van der Waals surface area contributed by atoms with Crippen LogP contribution < -0.4 is 0 Å². The summed E-state index contributed by atoms with van der Waals surface area (Å²) in [6.07, 6.45) is 7.15. The zero-order valence-corrected chi connectivity index (χ0v) is 31.0. The van der Waals surface area contributed by atoms with Crippen LogP contribution in [0.15, 0.2) is 174 Å². The highest BCUT2D eigenvalue weighted by Crippen LogP contribution is 2.38. The van der Waals surface area contributed by atoms with Crippen LogP contribution in [0.2, 0.25) is 0 Å². The van der Waals surface area contributed by atoms with E-state index in [2.05, 4.69) is 73.7 Å². The second kappa shape index (κ2) is 15.2. The lowest BCUT2D eigenvalue weighted by molar-refractivity contribution is 0.670. The van der Waals surface area contributed by atoms with E-state index in [1.165, 1.54) is 0 Å². The van der Waals surface area contributed by atoms with Gasteiger partial charge in [0.05, 0.1) is 0 Å². The molecular weight excluding hydrogens is 689 g/mol. The largest absolute Gasteiger partial charge is 0.455 e. The molecule has 6 aromatic carbocycles. The predicted octanol–water partition coefficient (Wildman–Crippen LogP) is 12.3. The molecule has 0 aliphatic carbocycles. The van der Waals surface area contributed by atoms with Crippen molar-refractivity contribution in [1.29, 1.82) is 0 Å². The number of fused-ring (bicyclic) bond motifs is 3. The Balaban J connectivity index is 1.10. The van der Waals surface area contributed by atoms with Crippen molar-refractivity contribution in [2.75, 3.05) is 0 Å². The lowest BCUT2D eigenvalue weighted by atomic mass is 10.0. The van der Waals surface area contributed by atoms with Crippen LogP contribution in [0.1, 0.15) is 26.1 Å². The minimum Gasteiger partial charge on any atom is -0.455 e. The third kappa shape index (κ3) is 6.78. The summed E-state index contributed by atoms with van der Waals surface area (Å²) >= 11 is 0. The number of hydrogen-bond donors (Lipinski definition) is 0. The van der Waals surface area contributed by atoms with E-state index in [4.69, 9.17) is 34.3 Å². The molecule has 0 aliphatic rings. The third-order valence-corrected chi connectivity index (χ3v) is 9.68. The Morgan fingerprint density at radius 2 is 0.964 bits per heavy atom. The van der Waals surface area contributed by atoms with Gasteiger partial charge in [0.1, 0.15) is 11.2 Å². The Morgan fingerprint density at radius 1 is 0.482 bits per heavy atom. The molecule has 268 valence electrons. The van der Waals surface area contributed by atoms with Gasteiger partial charge in [-0.3, -0.25) is 0 Å². The van der Waals surface area contributed by atoms with Gasteiger partial charge in [0, 0.05) is 49.7 Å². The van der Waals surface area contributed by atoms with Gasteiger partial charge < -0.3 is 4.42 Å². The molecule has 0 amide bonds. The summed E-state index contributed by atoms with van der Waals surface area (Å²) in [4.78, 5) is 29.4. The number of para-hydroxylation sites is 1. The van der Waals surface area contributed by atoms with Gasteiger partial charge in [-0.25, -0.2) is 29.9 Å². The van der Waals surface area contributed by atoms with E-state index in [0.717, 1.165) is 72.9 Å². The van der Waals surface area contributed by atoms with Crippen molar-refractivity contribution in [3.05, 3.63) is 176 Å². The molecule has 0 saturated heterocycles. The fourth-order valence-electron chi connectivity index (χ4n) is 6.80. The van der Waals surface area contributed by atoms with Crippen LogP contribution in [0, 0.1) is 0 Å². The number of rotatable bonds is 9. The molecule has 3 aromatic heterocycles. The summed E-state index contributed by atoms with van der Waals surface area (Å²) in [5.41, 5.74) is 9.06. The van der Waals surface area contributed by atoms with Gasteiger partial charge in [-0.2, -0.15) is 0 Å². The highest BCUT2D eigenvalue weighted by atomic mass is 16.3. The average Bonchev–Trinajstić information content (AvgIpc) is 3.66. The first-order chi connectivity index (χ1) is 27.6. The van der Waals surface area contributed by atoms with Crippen LogP contribution in [0.25, 0.3) is 95.6 Å². The summed E-state index contributed by atoms with van der Waals surface area (Å²) in [6, 6.07) is 50.8. The topological polar surface area (TPSA) is 90.5 Å². The molecule has 7 nitrogen and oxygen atoms in total. The summed E-state index contributed by atoms with van der Waals surface area (Å²) in [6.45, 7) is 4.12. The minimum atomic E-state index is 0.579. The van der Waals surface area contributed by atoms with Gasteiger partial charge in [-0.15, -0.1) is 0 Å². The third-order valence-electron chi connectivity index (χ3n) is 9.68. The van der Waals surface area contributed by atoms with Gasteiger partial charge in [0.2, 0.25) is 0 Å². The Bertz CT molecular complexity index is 2830. The fourth-order valence-corrected chi connectivity index (χ4v) is 6.80. The second-order valence-electron chi connectivity index (χ2n) is 13.3. The molecular formula is C49H36N6O. The normalized spacial score (nSPS) is 11.9. The molecule has 0 atom stereocenters. The highest BCUT2D eigenvalue weighted by molar-refractivity contribution is 6.10. The van der Waals surface area contributed by atoms with E-state index < -0.39 is 0 Å². The number of aromatic nitrogens is 6. The molecule has 9 rings (SSSR count). The maximum absolute atomic E-state index is 6.68. The molecule has 9 aromatic rings. The molecule has 0 radical (unpaired) electrons. The van der Waals surface area contributed by atoms with E-state index in [9.17, 15) is 0 Å². The predicted molar refractivity (Wildman–Crippen MR) is 226 cm³/mol. The Labute approximate surface area is 324 Å². The first kappa shape index (κ1) is 34.4. The monoisotopic (exact) mass is 724 g/mol. The van der Waals surface area contributed by atoms with Gasteiger partial charge in [0.25, 0.3) is 0 Å². The van der Waals surface area contributed by atoms with E-state index >= 15 is 0 Å². The molecule has 0 spiro atoms. The summed E-state index contributed by atoms with van der Waals surface area (Å²) < 4.78 is 6.68. The average molecular weight is 725 g/mol. The maximum Gasteiger partial charge on any atom is 0.164 e. The van der Waals surface area contributed by atoms with Crippen molar-refractivity contribution in [3.8, 4) is 68.1 Å². The van der Waals surface area contributed by atoms with Crippen molar-refractivity contribution in [1.82, 2.24) is 29.9 Å². The molecule has 0 bridgehead atoms. The van der Waals surface area contributed by atoms with Crippen LogP contribution in [0.5, 0.6) is 0 Å². The molecule has 56 heavy (non-hydrogen) atoms. The van der Waals surface area contributed by atoms with E-state index in [1.807, 2.05) is 110 Å². The van der Waals surface area contributed by atoms with Crippen molar-refractivity contribution in [3.63, 3.8) is 0 Å². The van der Waals surface area contributed by atoms with Crippen LogP contribution in [0.3, 0.4) is 0 Å². The quantitative estimate of drug-likeness (QED) is 0.137. The smallest absolute Gasteiger partial charge is 0.164 e. The fraction of sp³-hybridized carbons (Fsp3) is 0.0612. The maximum atomic E-state index is 6.68. The van der Waals surface area contributed by atoms with Crippen LogP contribution in [0.4, 0.5) is 0 Å². The van der Waals surface area contributed by atoms with Gasteiger partial charge >= 0.3 is 0 Å². The molecule has 0 saturated carbocycles. The lowest BCUT2D eigenvalue weighted by Gasteiger charge is -2.09. The number of hydrogen-bond acceptors (Lipinski definition) is 7. The second-order valence-corrected chi connectivity index (χ2v) is 13.3. The van der Waals surface area contributed by atoms with Gasteiger partial charge in [0.15, 0.2) is 34.9 Å². The van der Waals surface area contributed by atoms with Crippen molar-refractivity contribution in [2.45, 2.75) is 20.3 Å². The lowest BCUT2D eigenvalue weighted by Crippen LogP contribution is -2.02. The summed E-state index contributed by atoms with van der Waals surface area (Å²) in [5.74, 6) is 3.70. The molecule has 3 heterocycles. The number of nitrogens with zero attached hydrogens (tertiary/aromatic N) is 6. The van der Waals surface area contributed by atoms with E-state index in [0.29, 0.717) is 34.9 Å². The molecule has 0 aliphatic heterocycles. The molecule has 0 fully saturated rings. The Morgan fingerprint density at radius 3 is 1.50 bits per heavy atom. The number of furan rings is 1. The SMILES string of the molecule is C/C=C(\C=C/CC)c1nc(-c2ccccc2)nc(-c2ccc(-c3cccc4c3oc3cc(-c5nc(-c6ccccc6)nc(-c6ccccc6)n5)ccc34)cc2)n1. The Hall–Kier alpha value is -7.38. The van der Waals surface area contributed by atoms with Crippen LogP contribution in [-0.2, 0) is 0 Å². The van der Waals surface area contributed by atoms with Crippen LogP contribution in [-0.4, -0.2) is 29.9 Å². The van der Waals surface area contributed by atoms with Crippen molar-refractivity contribution < 1.29 is 4.42 Å². The Kier molecular flexibility index (Phi) is 9.31. The van der Waals surface area contributed by atoms with Gasteiger partial charge in [-0.05, 0) is 31.0 Å². The molecule has 0 unspecified atom stereocenters. The van der Waals surface area contributed by atoms with Gasteiger partial charge in [-0.1, -0.05) is 165 Å². The molecule has 7 heteroatoms. The first-order valence-electron chi connectivity index (χ1n) is 18.7. The standard InChI is InChI=1S/C49H36N6O/c1-3-5-16-32(4-2)44-50-45(34-17-9-6-10-18-34)53-48(51-44)37-27-25-33(26-28-37)39-23-15-24-41-40-30-29-38(31-42(40)56-43(39)41)49-54-46(35-19-11-7-12-20-35)52-47(55-49)36-21-13-8-14-22-36/h4-31H,3H2,1-2H3/b16-5-,32-4+.